The van der Waals surface area contributed by atoms with Gasteiger partial charge in [-0.25, -0.2) is 0 Å². The lowest BCUT2D eigenvalue weighted by Gasteiger charge is -2.38. The smallest absolute Gasteiger partial charge is 0.249 e. The van der Waals surface area contributed by atoms with Gasteiger partial charge in [0.05, 0.1) is 5.41 Å². The number of amides is 2. The number of piperidine rings is 1. The van der Waals surface area contributed by atoms with Gasteiger partial charge in [-0.2, -0.15) is 0 Å². The number of anilines is 1. The first kappa shape index (κ1) is 17.9. The van der Waals surface area contributed by atoms with E-state index in [1.807, 2.05) is 31.2 Å². The molecule has 0 saturated carbocycles. The van der Waals surface area contributed by atoms with Crippen LogP contribution in [0.4, 0.5) is 5.69 Å². The molecule has 6 nitrogen and oxygen atoms in total. The second-order valence-electron chi connectivity index (χ2n) is 7.09. The maximum Gasteiger partial charge on any atom is 0.249 e. The number of nitrogens with zero attached hydrogens (tertiary/aromatic N) is 1. The van der Waals surface area contributed by atoms with Crippen LogP contribution in [-0.4, -0.2) is 44.2 Å². The van der Waals surface area contributed by atoms with Crippen LogP contribution >= 0.6 is 0 Å². The van der Waals surface area contributed by atoms with Crippen molar-refractivity contribution in [1.82, 2.24) is 5.32 Å². The summed E-state index contributed by atoms with van der Waals surface area (Å²) in [5.74, 6) is -0.148. The molecular formula is C19H27N3O3. The first-order valence-electron chi connectivity index (χ1n) is 9.02. The maximum absolute atomic E-state index is 12.9. The van der Waals surface area contributed by atoms with Gasteiger partial charge in [-0.15, -0.1) is 0 Å². The molecule has 2 fully saturated rings. The third kappa shape index (κ3) is 3.70. The van der Waals surface area contributed by atoms with Crippen molar-refractivity contribution >= 4 is 17.5 Å². The van der Waals surface area contributed by atoms with Crippen molar-refractivity contribution in [2.24, 2.45) is 11.1 Å². The Hall–Kier alpha value is -1.92. The Bertz CT molecular complexity index is 623. The van der Waals surface area contributed by atoms with E-state index in [-0.39, 0.29) is 18.4 Å². The highest BCUT2D eigenvalue weighted by molar-refractivity contribution is 6.00. The predicted molar refractivity (Wildman–Crippen MR) is 96.2 cm³/mol. The fourth-order valence-corrected chi connectivity index (χ4v) is 3.59. The second kappa shape index (κ2) is 7.54. The molecule has 2 amide bonds. The lowest BCUT2D eigenvalue weighted by atomic mass is 9.79. The molecule has 6 heteroatoms. The molecule has 0 aliphatic carbocycles. The van der Waals surface area contributed by atoms with Crippen molar-refractivity contribution < 1.29 is 14.3 Å². The van der Waals surface area contributed by atoms with Crippen molar-refractivity contribution in [3.8, 4) is 0 Å². The highest BCUT2D eigenvalue weighted by Gasteiger charge is 2.41. The molecule has 3 rings (SSSR count). The summed E-state index contributed by atoms with van der Waals surface area (Å²) in [5, 5.41) is 2.98. The minimum atomic E-state index is -0.606. The van der Waals surface area contributed by atoms with E-state index >= 15 is 0 Å². The number of carbonyl (C=O) groups excluding carboxylic acids is 2. The molecule has 0 spiro atoms. The molecule has 136 valence electrons. The van der Waals surface area contributed by atoms with Crippen molar-refractivity contribution in [2.75, 3.05) is 31.2 Å². The molecule has 25 heavy (non-hydrogen) atoms. The zero-order valence-electron chi connectivity index (χ0n) is 14.8. The number of nitrogens with one attached hydrogen (secondary N) is 1. The van der Waals surface area contributed by atoms with Gasteiger partial charge in [0.15, 0.2) is 0 Å². The standard InChI is InChI=1S/C19H27N3O3/c1-14-4-6-15(7-5-14)22-10-2-3-16(17(22)23)21-18(24)19(13-20)8-11-25-12-9-19/h4-7,16H,2-3,8-13,20H2,1H3,(H,21,24). The van der Waals surface area contributed by atoms with Crippen LogP contribution in [-0.2, 0) is 14.3 Å². The molecule has 0 aromatic heterocycles. The van der Waals surface area contributed by atoms with E-state index in [1.54, 1.807) is 4.90 Å². The Kier molecular flexibility index (Phi) is 5.39. The topological polar surface area (TPSA) is 84.7 Å². The monoisotopic (exact) mass is 345 g/mol. The Balaban J connectivity index is 1.70. The van der Waals surface area contributed by atoms with Gasteiger partial charge in [-0.3, -0.25) is 9.59 Å². The number of benzene rings is 1. The number of hydrogen-bond donors (Lipinski definition) is 2. The summed E-state index contributed by atoms with van der Waals surface area (Å²) in [6.45, 7) is 4.07. The molecule has 1 aromatic carbocycles. The fraction of sp³-hybridized carbons (Fsp3) is 0.579. The fourth-order valence-electron chi connectivity index (χ4n) is 3.59. The van der Waals surface area contributed by atoms with Crippen molar-refractivity contribution in [3.63, 3.8) is 0 Å². The SMILES string of the molecule is Cc1ccc(N2CCCC(NC(=O)C3(CN)CCOCC3)C2=O)cc1. The van der Waals surface area contributed by atoms with Gasteiger partial charge in [0.2, 0.25) is 11.8 Å². The largest absolute Gasteiger partial charge is 0.381 e. The van der Waals surface area contributed by atoms with E-state index in [0.717, 1.165) is 17.7 Å². The number of nitrogens with two attached hydrogens (primary N) is 1. The molecule has 1 atom stereocenters. The van der Waals surface area contributed by atoms with Gasteiger partial charge in [0.1, 0.15) is 6.04 Å². The minimum absolute atomic E-state index is 0.0392. The van der Waals surface area contributed by atoms with Crippen molar-refractivity contribution in [2.45, 2.75) is 38.6 Å². The van der Waals surface area contributed by atoms with Crippen LogP contribution in [0, 0.1) is 12.3 Å². The van der Waals surface area contributed by atoms with Gasteiger partial charge >= 0.3 is 0 Å². The molecular weight excluding hydrogens is 318 g/mol. The van der Waals surface area contributed by atoms with Crippen LogP contribution in [0.5, 0.6) is 0 Å². The summed E-state index contributed by atoms with van der Waals surface area (Å²) in [6.07, 6.45) is 2.75. The Labute approximate surface area is 148 Å². The third-order valence-electron chi connectivity index (χ3n) is 5.41. The van der Waals surface area contributed by atoms with Gasteiger partial charge in [-0.1, -0.05) is 17.7 Å². The zero-order chi connectivity index (χ0) is 17.9. The summed E-state index contributed by atoms with van der Waals surface area (Å²) in [6, 6.07) is 7.43. The lowest BCUT2D eigenvalue weighted by Crippen LogP contribution is -2.57. The van der Waals surface area contributed by atoms with E-state index < -0.39 is 11.5 Å². The highest BCUT2D eigenvalue weighted by atomic mass is 16.5. The molecule has 1 unspecified atom stereocenters. The van der Waals surface area contributed by atoms with Crippen LogP contribution in [0.2, 0.25) is 0 Å². The molecule has 0 bridgehead atoms. The summed E-state index contributed by atoms with van der Waals surface area (Å²) in [7, 11) is 0. The van der Waals surface area contributed by atoms with Gasteiger partial charge in [0, 0.05) is 32.0 Å². The van der Waals surface area contributed by atoms with Crippen molar-refractivity contribution in [3.05, 3.63) is 29.8 Å². The van der Waals surface area contributed by atoms with Gasteiger partial charge in [0.25, 0.3) is 0 Å². The first-order chi connectivity index (χ1) is 12.1. The normalized spacial score (nSPS) is 23.4. The number of rotatable bonds is 4. The summed E-state index contributed by atoms with van der Waals surface area (Å²) in [4.78, 5) is 27.5. The number of ether oxygens (including phenoxy) is 1. The second-order valence-corrected chi connectivity index (χ2v) is 7.09. The van der Waals surface area contributed by atoms with E-state index in [9.17, 15) is 9.59 Å². The number of carbonyl (C=O) groups is 2. The molecule has 2 aliphatic heterocycles. The minimum Gasteiger partial charge on any atom is -0.381 e. The predicted octanol–water partition coefficient (Wildman–Crippen LogP) is 1.36. The lowest BCUT2D eigenvalue weighted by molar-refractivity contribution is -0.139. The third-order valence-corrected chi connectivity index (χ3v) is 5.41. The molecule has 1 aromatic rings. The first-order valence-corrected chi connectivity index (χ1v) is 9.02. The van der Waals surface area contributed by atoms with E-state index in [1.165, 1.54) is 0 Å². The van der Waals surface area contributed by atoms with Gasteiger partial charge < -0.3 is 20.7 Å². The molecule has 3 N–H and O–H groups in total. The average Bonchev–Trinajstić information content (AvgIpc) is 2.65. The molecule has 2 saturated heterocycles. The number of aryl methyl sites for hydroxylation is 1. The van der Waals surface area contributed by atoms with E-state index in [2.05, 4.69) is 5.32 Å². The summed E-state index contributed by atoms with van der Waals surface area (Å²) < 4.78 is 5.36. The maximum atomic E-state index is 12.9. The van der Waals surface area contributed by atoms with Crippen LogP contribution in [0.15, 0.2) is 24.3 Å². The summed E-state index contributed by atoms with van der Waals surface area (Å²) >= 11 is 0. The van der Waals surface area contributed by atoms with Crippen LogP contribution in [0.1, 0.15) is 31.2 Å². The average molecular weight is 345 g/mol. The Morgan fingerprint density at radius 3 is 2.64 bits per heavy atom. The molecule has 0 radical (unpaired) electrons. The highest BCUT2D eigenvalue weighted by Crippen LogP contribution is 2.30. The molecule has 2 aliphatic rings. The molecule has 2 heterocycles. The number of hydrogen-bond acceptors (Lipinski definition) is 4. The van der Waals surface area contributed by atoms with Crippen LogP contribution in [0.3, 0.4) is 0 Å². The summed E-state index contributed by atoms with van der Waals surface area (Å²) in [5.41, 5.74) is 7.33. The van der Waals surface area contributed by atoms with Gasteiger partial charge in [-0.05, 0) is 44.7 Å². The van der Waals surface area contributed by atoms with E-state index in [4.69, 9.17) is 10.5 Å². The van der Waals surface area contributed by atoms with E-state index in [0.29, 0.717) is 39.0 Å². The van der Waals surface area contributed by atoms with Crippen LogP contribution in [0.25, 0.3) is 0 Å². The van der Waals surface area contributed by atoms with Crippen LogP contribution < -0.4 is 16.0 Å². The zero-order valence-corrected chi connectivity index (χ0v) is 14.8. The Morgan fingerprint density at radius 2 is 2.00 bits per heavy atom. The Morgan fingerprint density at radius 1 is 1.32 bits per heavy atom. The quantitative estimate of drug-likeness (QED) is 0.863. The van der Waals surface area contributed by atoms with Crippen molar-refractivity contribution in [1.29, 1.82) is 0 Å².